The summed E-state index contributed by atoms with van der Waals surface area (Å²) in [7, 11) is 2.06. The lowest BCUT2D eigenvalue weighted by Crippen LogP contribution is -2.25. The highest BCUT2D eigenvalue weighted by atomic mass is 79.9. The molecule has 2 heteroatoms. The number of rotatable bonds is 2. The van der Waals surface area contributed by atoms with Gasteiger partial charge in [0, 0.05) is 10.0 Å². The average molecular weight is 254 g/mol. The number of benzene rings is 1. The van der Waals surface area contributed by atoms with Crippen LogP contribution in [-0.4, -0.2) is 7.05 Å². The third kappa shape index (κ3) is 1.41. The minimum atomic E-state index is 0.278. The third-order valence-corrected chi connectivity index (χ3v) is 4.54. The van der Waals surface area contributed by atoms with E-state index in [1.807, 2.05) is 0 Å². The molecule has 1 saturated carbocycles. The van der Waals surface area contributed by atoms with Crippen LogP contribution in [0.4, 0.5) is 0 Å². The largest absolute Gasteiger partial charge is 0.310 e. The second kappa shape index (κ2) is 3.35. The fraction of sp³-hybridized carbons (Fsp3) is 0.500. The first-order valence-electron chi connectivity index (χ1n) is 5.06. The molecule has 0 aromatic heterocycles. The molecule has 76 valence electrons. The Morgan fingerprint density at radius 2 is 1.93 bits per heavy atom. The van der Waals surface area contributed by atoms with Crippen LogP contribution < -0.4 is 5.32 Å². The second-order valence-corrected chi connectivity index (χ2v) is 4.99. The summed E-state index contributed by atoms with van der Waals surface area (Å²) >= 11 is 3.65. The highest BCUT2D eigenvalue weighted by Crippen LogP contribution is 2.47. The quantitative estimate of drug-likeness (QED) is 0.854. The van der Waals surface area contributed by atoms with E-state index in [2.05, 4.69) is 54.3 Å². The molecule has 1 aliphatic carbocycles. The van der Waals surface area contributed by atoms with Gasteiger partial charge in [-0.1, -0.05) is 28.1 Å². The number of nitrogens with one attached hydrogen (secondary N) is 1. The highest BCUT2D eigenvalue weighted by Gasteiger charge is 2.43. The molecular weight excluding hydrogens is 238 g/mol. The normalized spacial score (nSPS) is 18.3. The van der Waals surface area contributed by atoms with Gasteiger partial charge in [0.2, 0.25) is 0 Å². The zero-order valence-electron chi connectivity index (χ0n) is 8.95. The van der Waals surface area contributed by atoms with E-state index in [1.165, 1.54) is 34.0 Å². The molecule has 1 fully saturated rings. The molecule has 0 amide bonds. The first-order valence-corrected chi connectivity index (χ1v) is 5.85. The van der Waals surface area contributed by atoms with E-state index in [1.54, 1.807) is 0 Å². The van der Waals surface area contributed by atoms with Crippen LogP contribution in [0.3, 0.4) is 0 Å². The summed E-state index contributed by atoms with van der Waals surface area (Å²) < 4.78 is 1.26. The van der Waals surface area contributed by atoms with Crippen molar-refractivity contribution in [3.05, 3.63) is 33.3 Å². The topological polar surface area (TPSA) is 12.0 Å². The molecule has 0 aliphatic heterocycles. The van der Waals surface area contributed by atoms with Crippen LogP contribution >= 0.6 is 15.9 Å². The maximum absolute atomic E-state index is 3.65. The number of aryl methyl sites for hydroxylation is 1. The van der Waals surface area contributed by atoms with Gasteiger partial charge in [-0.25, -0.2) is 0 Å². The number of halogens is 1. The van der Waals surface area contributed by atoms with Gasteiger partial charge in [-0.2, -0.15) is 0 Å². The molecule has 1 nitrogen and oxygen atoms in total. The van der Waals surface area contributed by atoms with E-state index in [0.29, 0.717) is 0 Å². The first-order chi connectivity index (χ1) is 6.60. The molecule has 0 atom stereocenters. The lowest BCUT2D eigenvalue weighted by molar-refractivity contribution is 0.581. The van der Waals surface area contributed by atoms with Crippen molar-refractivity contribution in [2.45, 2.75) is 32.2 Å². The van der Waals surface area contributed by atoms with Gasteiger partial charge in [0.25, 0.3) is 0 Å². The zero-order chi connectivity index (χ0) is 10.3. The summed E-state index contributed by atoms with van der Waals surface area (Å²) in [4.78, 5) is 0. The summed E-state index contributed by atoms with van der Waals surface area (Å²) in [6.45, 7) is 4.34. The van der Waals surface area contributed by atoms with Gasteiger partial charge >= 0.3 is 0 Å². The molecule has 2 rings (SSSR count). The summed E-state index contributed by atoms with van der Waals surface area (Å²) in [6, 6.07) is 4.46. The predicted octanol–water partition coefficient (Wildman–Crippen LogP) is 3.27. The molecule has 1 aromatic rings. The van der Waals surface area contributed by atoms with Crippen molar-refractivity contribution in [2.24, 2.45) is 0 Å². The summed E-state index contributed by atoms with van der Waals surface area (Å²) in [6.07, 6.45) is 2.53. The molecule has 0 saturated heterocycles. The van der Waals surface area contributed by atoms with E-state index in [-0.39, 0.29) is 5.54 Å². The summed E-state index contributed by atoms with van der Waals surface area (Å²) in [5, 5.41) is 3.44. The van der Waals surface area contributed by atoms with Crippen LogP contribution in [0.25, 0.3) is 0 Å². The van der Waals surface area contributed by atoms with Crippen LogP contribution in [0, 0.1) is 13.8 Å². The van der Waals surface area contributed by atoms with Gasteiger partial charge in [-0.05, 0) is 50.4 Å². The van der Waals surface area contributed by atoms with Gasteiger partial charge in [0.1, 0.15) is 0 Å². The maximum Gasteiger partial charge on any atom is 0.0436 e. The molecule has 1 aliphatic rings. The Morgan fingerprint density at radius 1 is 1.29 bits per heavy atom. The van der Waals surface area contributed by atoms with E-state index in [9.17, 15) is 0 Å². The van der Waals surface area contributed by atoms with Gasteiger partial charge in [-0.15, -0.1) is 0 Å². The van der Waals surface area contributed by atoms with Crippen LogP contribution in [0.15, 0.2) is 16.6 Å². The average Bonchev–Trinajstić information content (AvgIpc) is 2.95. The van der Waals surface area contributed by atoms with Gasteiger partial charge < -0.3 is 5.32 Å². The molecule has 0 heterocycles. The SMILES string of the molecule is CNC1(c2ccc(C)c(Br)c2C)CC1. The molecule has 1 N–H and O–H groups in total. The molecule has 0 radical (unpaired) electrons. The Bertz CT molecular complexity index is 367. The predicted molar refractivity (Wildman–Crippen MR) is 63.6 cm³/mol. The van der Waals surface area contributed by atoms with Crippen molar-refractivity contribution in [1.29, 1.82) is 0 Å². The second-order valence-electron chi connectivity index (χ2n) is 4.20. The molecule has 0 unspecified atom stereocenters. The molecule has 0 bridgehead atoms. The Labute approximate surface area is 94.0 Å². The Hall–Kier alpha value is -0.340. The Morgan fingerprint density at radius 3 is 2.43 bits per heavy atom. The highest BCUT2D eigenvalue weighted by molar-refractivity contribution is 9.10. The molecule has 14 heavy (non-hydrogen) atoms. The van der Waals surface area contributed by atoms with Crippen LogP contribution in [0.1, 0.15) is 29.5 Å². The smallest absolute Gasteiger partial charge is 0.0436 e. The van der Waals surface area contributed by atoms with Crippen LogP contribution in [0.2, 0.25) is 0 Å². The summed E-state index contributed by atoms with van der Waals surface area (Å²) in [5.74, 6) is 0. The van der Waals surface area contributed by atoms with Crippen LogP contribution in [0.5, 0.6) is 0 Å². The van der Waals surface area contributed by atoms with Crippen molar-refractivity contribution in [1.82, 2.24) is 5.32 Å². The monoisotopic (exact) mass is 253 g/mol. The van der Waals surface area contributed by atoms with Crippen molar-refractivity contribution >= 4 is 15.9 Å². The lowest BCUT2D eigenvalue weighted by Gasteiger charge is -2.19. The zero-order valence-corrected chi connectivity index (χ0v) is 10.5. The Kier molecular flexibility index (Phi) is 2.44. The van der Waals surface area contributed by atoms with Gasteiger partial charge in [0.05, 0.1) is 0 Å². The van der Waals surface area contributed by atoms with Crippen molar-refractivity contribution in [3.63, 3.8) is 0 Å². The Balaban J connectivity index is 2.50. The number of hydrogen-bond acceptors (Lipinski definition) is 1. The fourth-order valence-corrected chi connectivity index (χ4v) is 2.46. The standard InChI is InChI=1S/C12H16BrN/c1-8-4-5-10(9(2)11(8)13)12(14-3)6-7-12/h4-5,14H,6-7H2,1-3H3. The first kappa shape index (κ1) is 10.2. The van der Waals surface area contributed by atoms with Gasteiger partial charge in [0.15, 0.2) is 0 Å². The number of hydrogen-bond donors (Lipinski definition) is 1. The van der Waals surface area contributed by atoms with E-state index < -0.39 is 0 Å². The summed E-state index contributed by atoms with van der Waals surface area (Å²) in [5.41, 5.74) is 4.44. The van der Waals surface area contributed by atoms with Crippen LogP contribution in [-0.2, 0) is 5.54 Å². The molecule has 0 spiro atoms. The van der Waals surface area contributed by atoms with Crippen molar-refractivity contribution in [3.8, 4) is 0 Å². The van der Waals surface area contributed by atoms with Crippen molar-refractivity contribution < 1.29 is 0 Å². The van der Waals surface area contributed by atoms with E-state index in [0.717, 1.165) is 0 Å². The molecule has 1 aromatic carbocycles. The lowest BCUT2D eigenvalue weighted by atomic mass is 9.97. The van der Waals surface area contributed by atoms with E-state index in [4.69, 9.17) is 0 Å². The third-order valence-electron chi connectivity index (χ3n) is 3.32. The van der Waals surface area contributed by atoms with E-state index >= 15 is 0 Å². The van der Waals surface area contributed by atoms with Crippen molar-refractivity contribution in [2.75, 3.05) is 7.05 Å². The fourth-order valence-electron chi connectivity index (χ4n) is 2.12. The minimum absolute atomic E-state index is 0.278. The van der Waals surface area contributed by atoms with Gasteiger partial charge in [-0.3, -0.25) is 0 Å². The minimum Gasteiger partial charge on any atom is -0.310 e. The molecular formula is C12H16BrN. The maximum atomic E-state index is 3.65.